The lowest BCUT2D eigenvalue weighted by Crippen LogP contribution is -2.43. The van der Waals surface area contributed by atoms with E-state index in [4.69, 9.17) is 0 Å². The number of hydrogen-bond acceptors (Lipinski definition) is 3. The van der Waals surface area contributed by atoms with Crippen LogP contribution in [0.5, 0.6) is 0 Å². The molecule has 160 valence electrons. The van der Waals surface area contributed by atoms with Crippen molar-refractivity contribution in [3.63, 3.8) is 0 Å². The molecule has 1 aromatic rings. The predicted molar refractivity (Wildman–Crippen MR) is 132 cm³/mol. The van der Waals surface area contributed by atoms with Gasteiger partial charge in [0.25, 0.3) is 0 Å². The van der Waals surface area contributed by atoms with Crippen LogP contribution in [0.1, 0.15) is 51.1 Å². The smallest absolute Gasteiger partial charge is 0.191 e. The van der Waals surface area contributed by atoms with E-state index in [-0.39, 0.29) is 24.0 Å². The van der Waals surface area contributed by atoms with Crippen molar-refractivity contribution in [1.82, 2.24) is 20.4 Å². The molecule has 1 aliphatic heterocycles. The molecule has 1 aromatic carbocycles. The molecule has 2 rings (SSSR count). The van der Waals surface area contributed by atoms with Gasteiger partial charge in [-0.2, -0.15) is 0 Å². The SMILES string of the molecule is CCN(CC)CCCCNC(=NC)NCC(c1ccccc1)N1CCCC1.I. The van der Waals surface area contributed by atoms with Crippen molar-refractivity contribution in [3.05, 3.63) is 35.9 Å². The first kappa shape index (κ1) is 25.2. The number of nitrogens with zero attached hydrogens (tertiary/aromatic N) is 3. The highest BCUT2D eigenvalue weighted by molar-refractivity contribution is 14.0. The maximum absolute atomic E-state index is 4.41. The number of rotatable bonds is 11. The number of benzene rings is 1. The summed E-state index contributed by atoms with van der Waals surface area (Å²) < 4.78 is 0. The molecule has 2 N–H and O–H groups in total. The maximum Gasteiger partial charge on any atom is 0.191 e. The van der Waals surface area contributed by atoms with Gasteiger partial charge in [0.05, 0.1) is 6.04 Å². The molecular formula is C22H40IN5. The minimum atomic E-state index is 0. The third-order valence-corrected chi connectivity index (χ3v) is 5.54. The predicted octanol–water partition coefficient (Wildman–Crippen LogP) is 3.73. The van der Waals surface area contributed by atoms with Gasteiger partial charge < -0.3 is 15.5 Å². The molecule has 0 bridgehead atoms. The first-order valence-electron chi connectivity index (χ1n) is 10.7. The first-order chi connectivity index (χ1) is 13.3. The van der Waals surface area contributed by atoms with E-state index >= 15 is 0 Å². The van der Waals surface area contributed by atoms with Crippen molar-refractivity contribution in [2.75, 3.05) is 52.9 Å². The summed E-state index contributed by atoms with van der Waals surface area (Å²) in [6.45, 7) is 12.2. The highest BCUT2D eigenvalue weighted by Gasteiger charge is 2.23. The zero-order chi connectivity index (χ0) is 19.3. The van der Waals surface area contributed by atoms with E-state index in [1.165, 1.54) is 50.9 Å². The van der Waals surface area contributed by atoms with Gasteiger partial charge in [-0.3, -0.25) is 9.89 Å². The molecule has 0 spiro atoms. The van der Waals surface area contributed by atoms with E-state index in [0.717, 1.165) is 32.1 Å². The Morgan fingerprint density at radius 1 is 1.07 bits per heavy atom. The summed E-state index contributed by atoms with van der Waals surface area (Å²) in [6.07, 6.45) is 5.02. The lowest BCUT2D eigenvalue weighted by Gasteiger charge is -2.29. The van der Waals surface area contributed by atoms with Gasteiger partial charge in [-0.1, -0.05) is 44.2 Å². The van der Waals surface area contributed by atoms with Gasteiger partial charge in [-0.25, -0.2) is 0 Å². The third kappa shape index (κ3) is 8.66. The van der Waals surface area contributed by atoms with Crippen molar-refractivity contribution >= 4 is 29.9 Å². The van der Waals surface area contributed by atoms with Crippen LogP contribution in [-0.2, 0) is 0 Å². The highest BCUT2D eigenvalue weighted by Crippen LogP contribution is 2.24. The van der Waals surface area contributed by atoms with E-state index in [2.05, 4.69) is 69.6 Å². The Morgan fingerprint density at radius 3 is 2.36 bits per heavy atom. The Kier molecular flexibility index (Phi) is 13.5. The monoisotopic (exact) mass is 501 g/mol. The Bertz CT molecular complexity index is 527. The summed E-state index contributed by atoms with van der Waals surface area (Å²) in [5.41, 5.74) is 1.39. The van der Waals surface area contributed by atoms with Gasteiger partial charge >= 0.3 is 0 Å². The lowest BCUT2D eigenvalue weighted by atomic mass is 10.1. The third-order valence-electron chi connectivity index (χ3n) is 5.54. The summed E-state index contributed by atoms with van der Waals surface area (Å²) in [4.78, 5) is 9.49. The summed E-state index contributed by atoms with van der Waals surface area (Å²) >= 11 is 0. The number of likely N-dealkylation sites (tertiary alicyclic amines) is 1. The van der Waals surface area contributed by atoms with E-state index in [0.29, 0.717) is 6.04 Å². The topological polar surface area (TPSA) is 42.9 Å². The molecule has 0 saturated carbocycles. The summed E-state index contributed by atoms with van der Waals surface area (Å²) in [7, 11) is 1.86. The number of halogens is 1. The van der Waals surface area contributed by atoms with Gasteiger partial charge in [-0.15, -0.1) is 24.0 Å². The van der Waals surface area contributed by atoms with Crippen LogP contribution in [0, 0.1) is 0 Å². The highest BCUT2D eigenvalue weighted by atomic mass is 127. The van der Waals surface area contributed by atoms with Crippen molar-refractivity contribution in [1.29, 1.82) is 0 Å². The minimum Gasteiger partial charge on any atom is -0.356 e. The van der Waals surface area contributed by atoms with Crippen LogP contribution in [0.4, 0.5) is 0 Å². The zero-order valence-corrected chi connectivity index (χ0v) is 20.3. The van der Waals surface area contributed by atoms with Crippen LogP contribution in [-0.4, -0.2) is 68.6 Å². The van der Waals surface area contributed by atoms with Crippen LogP contribution in [0.15, 0.2) is 35.3 Å². The van der Waals surface area contributed by atoms with Crippen LogP contribution >= 0.6 is 24.0 Å². The molecule has 0 aromatic heterocycles. The molecule has 5 nitrogen and oxygen atoms in total. The van der Waals surface area contributed by atoms with Gasteiger partial charge in [-0.05, 0) is 64.0 Å². The maximum atomic E-state index is 4.41. The summed E-state index contributed by atoms with van der Waals surface area (Å²) in [5.74, 6) is 0.915. The Labute approximate surface area is 189 Å². The van der Waals surface area contributed by atoms with Gasteiger partial charge in [0.15, 0.2) is 5.96 Å². The fourth-order valence-corrected chi connectivity index (χ4v) is 3.81. The quantitative estimate of drug-likeness (QED) is 0.210. The normalized spacial score (nSPS) is 16.1. The van der Waals surface area contributed by atoms with Crippen molar-refractivity contribution < 1.29 is 0 Å². The molecule has 1 atom stereocenters. The first-order valence-corrected chi connectivity index (χ1v) is 10.7. The molecule has 1 unspecified atom stereocenters. The fourth-order valence-electron chi connectivity index (χ4n) is 3.81. The van der Waals surface area contributed by atoms with Crippen LogP contribution in [0.3, 0.4) is 0 Å². The molecule has 1 fully saturated rings. The van der Waals surface area contributed by atoms with Gasteiger partial charge in [0, 0.05) is 20.1 Å². The number of aliphatic imine (C=N–C) groups is 1. The zero-order valence-electron chi connectivity index (χ0n) is 18.0. The Balaban J connectivity index is 0.00000392. The Hall–Kier alpha value is -0.860. The van der Waals surface area contributed by atoms with E-state index in [1.807, 2.05) is 7.05 Å². The van der Waals surface area contributed by atoms with Crippen molar-refractivity contribution in [2.45, 2.75) is 45.6 Å². The summed E-state index contributed by atoms with van der Waals surface area (Å²) in [6, 6.07) is 11.3. The average molecular weight is 502 g/mol. The fraction of sp³-hybridized carbons (Fsp3) is 0.682. The van der Waals surface area contributed by atoms with Gasteiger partial charge in [0.1, 0.15) is 0 Å². The van der Waals surface area contributed by atoms with E-state index < -0.39 is 0 Å². The molecule has 1 aliphatic rings. The van der Waals surface area contributed by atoms with Crippen LogP contribution in [0.2, 0.25) is 0 Å². The standard InChI is InChI=1S/C22H39N5.HI/c1-4-26(5-2)16-10-9-15-24-22(23-3)25-19-21(27-17-11-12-18-27)20-13-7-6-8-14-20;/h6-8,13-14,21H,4-5,9-12,15-19H2,1-3H3,(H2,23,24,25);1H. The second-order valence-electron chi connectivity index (χ2n) is 7.28. The molecule has 1 saturated heterocycles. The lowest BCUT2D eigenvalue weighted by molar-refractivity contribution is 0.245. The molecule has 0 radical (unpaired) electrons. The molecule has 0 aliphatic carbocycles. The van der Waals surface area contributed by atoms with E-state index in [9.17, 15) is 0 Å². The van der Waals surface area contributed by atoms with Crippen molar-refractivity contribution in [3.8, 4) is 0 Å². The molecule has 0 amide bonds. The van der Waals surface area contributed by atoms with Crippen LogP contribution < -0.4 is 10.6 Å². The number of unbranched alkanes of at least 4 members (excludes halogenated alkanes) is 1. The van der Waals surface area contributed by atoms with Gasteiger partial charge in [0.2, 0.25) is 0 Å². The number of nitrogens with one attached hydrogen (secondary N) is 2. The second-order valence-corrected chi connectivity index (χ2v) is 7.28. The average Bonchev–Trinajstić information content (AvgIpc) is 3.24. The Morgan fingerprint density at radius 2 is 1.75 bits per heavy atom. The molecule has 28 heavy (non-hydrogen) atoms. The minimum absolute atomic E-state index is 0. The molecular weight excluding hydrogens is 461 g/mol. The van der Waals surface area contributed by atoms with Crippen molar-refractivity contribution in [2.24, 2.45) is 4.99 Å². The largest absolute Gasteiger partial charge is 0.356 e. The summed E-state index contributed by atoms with van der Waals surface area (Å²) in [5, 5.41) is 7.03. The second kappa shape index (κ2) is 15.0. The molecule has 1 heterocycles. The van der Waals surface area contributed by atoms with E-state index in [1.54, 1.807) is 0 Å². The number of guanidine groups is 1. The molecule has 6 heteroatoms. The van der Waals surface area contributed by atoms with Crippen LogP contribution in [0.25, 0.3) is 0 Å². The number of hydrogen-bond donors (Lipinski definition) is 2.